The standard InChI is InChI=1S/C9H12F4N2O2/c1-15-5-7(4-14-15)17-3-2-16-6-9(12,13)8(10)11/h4-5,8H,2-3,6H2,1H3. The molecule has 0 radical (unpaired) electrons. The van der Waals surface area contributed by atoms with Crippen LogP contribution in [0, 0.1) is 0 Å². The van der Waals surface area contributed by atoms with Crippen LogP contribution in [0.15, 0.2) is 12.4 Å². The molecule has 4 nitrogen and oxygen atoms in total. The Morgan fingerprint density at radius 2 is 2.12 bits per heavy atom. The van der Waals surface area contributed by atoms with Crippen molar-refractivity contribution < 1.29 is 27.0 Å². The number of aryl methyl sites for hydroxylation is 1. The lowest BCUT2D eigenvalue weighted by molar-refractivity contribution is -0.166. The van der Waals surface area contributed by atoms with Crippen LogP contribution in [-0.2, 0) is 11.8 Å². The lowest BCUT2D eigenvalue weighted by Crippen LogP contribution is -2.33. The van der Waals surface area contributed by atoms with Crippen molar-refractivity contribution in [3.63, 3.8) is 0 Å². The van der Waals surface area contributed by atoms with Crippen LogP contribution >= 0.6 is 0 Å². The number of hydrogen-bond donors (Lipinski definition) is 0. The number of ether oxygens (including phenoxy) is 2. The molecule has 17 heavy (non-hydrogen) atoms. The zero-order chi connectivity index (χ0) is 12.9. The molecule has 0 bridgehead atoms. The first-order chi connectivity index (χ1) is 7.92. The van der Waals surface area contributed by atoms with Gasteiger partial charge in [0.25, 0.3) is 0 Å². The van der Waals surface area contributed by atoms with E-state index >= 15 is 0 Å². The second-order valence-electron chi connectivity index (χ2n) is 3.31. The van der Waals surface area contributed by atoms with Gasteiger partial charge >= 0.3 is 12.3 Å². The quantitative estimate of drug-likeness (QED) is 0.550. The van der Waals surface area contributed by atoms with Crippen LogP contribution in [0.25, 0.3) is 0 Å². The van der Waals surface area contributed by atoms with E-state index in [0.29, 0.717) is 5.75 Å². The van der Waals surface area contributed by atoms with E-state index in [9.17, 15) is 17.6 Å². The molecule has 0 saturated carbocycles. The lowest BCUT2D eigenvalue weighted by Gasteiger charge is -2.14. The minimum atomic E-state index is -4.12. The summed E-state index contributed by atoms with van der Waals surface area (Å²) < 4.78 is 59.1. The van der Waals surface area contributed by atoms with Crippen molar-refractivity contribution >= 4 is 0 Å². The van der Waals surface area contributed by atoms with Crippen LogP contribution in [0.4, 0.5) is 17.6 Å². The molecule has 0 unspecified atom stereocenters. The van der Waals surface area contributed by atoms with Crippen molar-refractivity contribution in [1.29, 1.82) is 0 Å². The second-order valence-corrected chi connectivity index (χ2v) is 3.31. The van der Waals surface area contributed by atoms with Gasteiger partial charge in [-0.1, -0.05) is 0 Å². The predicted molar refractivity (Wildman–Crippen MR) is 50.5 cm³/mol. The van der Waals surface area contributed by atoms with E-state index in [1.807, 2.05) is 0 Å². The van der Waals surface area contributed by atoms with Gasteiger partial charge in [0, 0.05) is 7.05 Å². The molecule has 98 valence electrons. The van der Waals surface area contributed by atoms with Gasteiger partial charge in [0.1, 0.15) is 13.2 Å². The molecule has 0 aliphatic rings. The molecule has 0 atom stereocenters. The normalized spacial score (nSPS) is 12.1. The number of nitrogens with zero attached hydrogens (tertiary/aromatic N) is 2. The third kappa shape index (κ3) is 4.59. The van der Waals surface area contributed by atoms with E-state index in [2.05, 4.69) is 9.84 Å². The van der Waals surface area contributed by atoms with E-state index in [-0.39, 0.29) is 13.2 Å². The lowest BCUT2D eigenvalue weighted by atomic mass is 10.4. The average Bonchev–Trinajstić information content (AvgIpc) is 2.63. The van der Waals surface area contributed by atoms with E-state index in [4.69, 9.17) is 4.74 Å². The average molecular weight is 256 g/mol. The Labute approximate surface area is 95.1 Å². The van der Waals surface area contributed by atoms with Crippen LogP contribution in [0.2, 0.25) is 0 Å². The van der Waals surface area contributed by atoms with Crippen molar-refractivity contribution in [3.05, 3.63) is 12.4 Å². The maximum atomic E-state index is 12.4. The third-order valence-corrected chi connectivity index (χ3v) is 1.79. The monoisotopic (exact) mass is 256 g/mol. The molecule has 1 aromatic heterocycles. The minimum absolute atomic E-state index is 0.00892. The van der Waals surface area contributed by atoms with Gasteiger partial charge in [0.05, 0.1) is 19.0 Å². The van der Waals surface area contributed by atoms with Crippen molar-refractivity contribution in [1.82, 2.24) is 9.78 Å². The molecule has 1 rings (SSSR count). The third-order valence-electron chi connectivity index (χ3n) is 1.79. The van der Waals surface area contributed by atoms with Crippen LogP contribution in [0.5, 0.6) is 5.75 Å². The number of alkyl halides is 4. The summed E-state index contributed by atoms with van der Waals surface area (Å²) in [6.45, 7) is -1.52. The summed E-state index contributed by atoms with van der Waals surface area (Å²) in [7, 11) is 1.69. The SMILES string of the molecule is Cn1cc(OCCOCC(F)(F)C(F)F)cn1. The Morgan fingerprint density at radius 3 is 2.65 bits per heavy atom. The minimum Gasteiger partial charge on any atom is -0.488 e. The zero-order valence-electron chi connectivity index (χ0n) is 9.08. The molecule has 0 aliphatic carbocycles. The summed E-state index contributed by atoms with van der Waals surface area (Å²) in [5.41, 5.74) is 0. The second kappa shape index (κ2) is 5.85. The summed E-state index contributed by atoms with van der Waals surface area (Å²) in [5, 5.41) is 3.81. The molecule has 0 saturated heterocycles. The highest BCUT2D eigenvalue weighted by Gasteiger charge is 2.40. The smallest absolute Gasteiger partial charge is 0.330 e. The molecule has 0 aromatic carbocycles. The molecular weight excluding hydrogens is 244 g/mol. The van der Waals surface area contributed by atoms with Gasteiger partial charge in [-0.25, -0.2) is 8.78 Å². The highest BCUT2D eigenvalue weighted by atomic mass is 19.3. The van der Waals surface area contributed by atoms with Crippen molar-refractivity contribution in [3.8, 4) is 5.75 Å². The number of rotatable bonds is 7. The van der Waals surface area contributed by atoms with Crippen LogP contribution in [0.1, 0.15) is 0 Å². The summed E-state index contributed by atoms with van der Waals surface area (Å²) in [6.07, 6.45) is -0.705. The largest absolute Gasteiger partial charge is 0.488 e. The summed E-state index contributed by atoms with van der Waals surface area (Å²) in [6, 6.07) is 0. The van der Waals surface area contributed by atoms with Crippen molar-refractivity contribution in [2.75, 3.05) is 19.8 Å². The maximum Gasteiger partial charge on any atom is 0.330 e. The molecule has 1 heterocycles. The fraction of sp³-hybridized carbons (Fsp3) is 0.667. The molecule has 0 aliphatic heterocycles. The number of hydrogen-bond acceptors (Lipinski definition) is 3. The van der Waals surface area contributed by atoms with E-state index in [1.54, 1.807) is 13.2 Å². The molecule has 0 spiro atoms. The van der Waals surface area contributed by atoms with E-state index < -0.39 is 19.0 Å². The Kier molecular flexibility index (Phi) is 4.73. The Morgan fingerprint density at radius 1 is 1.41 bits per heavy atom. The van der Waals surface area contributed by atoms with Crippen LogP contribution in [0.3, 0.4) is 0 Å². The van der Waals surface area contributed by atoms with Gasteiger partial charge in [-0.05, 0) is 0 Å². The van der Waals surface area contributed by atoms with E-state index in [1.165, 1.54) is 10.9 Å². The Bertz CT molecular complexity index is 343. The molecule has 0 fully saturated rings. The van der Waals surface area contributed by atoms with Gasteiger partial charge in [-0.15, -0.1) is 0 Å². The first-order valence-corrected chi connectivity index (χ1v) is 4.77. The molecular formula is C9H12F4N2O2. The van der Waals surface area contributed by atoms with E-state index in [0.717, 1.165) is 0 Å². The van der Waals surface area contributed by atoms with Gasteiger partial charge in [0.15, 0.2) is 5.75 Å². The summed E-state index contributed by atoms with van der Waals surface area (Å²) in [4.78, 5) is 0. The first-order valence-electron chi connectivity index (χ1n) is 4.77. The molecule has 0 amide bonds. The fourth-order valence-electron chi connectivity index (χ4n) is 0.963. The zero-order valence-corrected chi connectivity index (χ0v) is 9.08. The Balaban J connectivity index is 2.13. The van der Waals surface area contributed by atoms with Crippen LogP contribution < -0.4 is 4.74 Å². The summed E-state index contributed by atoms with van der Waals surface area (Å²) >= 11 is 0. The van der Waals surface area contributed by atoms with Gasteiger partial charge in [0.2, 0.25) is 0 Å². The number of halogens is 4. The highest BCUT2D eigenvalue weighted by molar-refractivity contribution is 5.10. The van der Waals surface area contributed by atoms with Gasteiger partial charge in [-0.3, -0.25) is 4.68 Å². The van der Waals surface area contributed by atoms with Gasteiger partial charge in [-0.2, -0.15) is 13.9 Å². The topological polar surface area (TPSA) is 36.3 Å². The first kappa shape index (κ1) is 13.8. The highest BCUT2D eigenvalue weighted by Crippen LogP contribution is 2.22. The van der Waals surface area contributed by atoms with Crippen LogP contribution in [-0.4, -0.2) is 41.9 Å². The fourth-order valence-corrected chi connectivity index (χ4v) is 0.963. The predicted octanol–water partition coefficient (Wildman–Crippen LogP) is 1.72. The number of aromatic nitrogens is 2. The van der Waals surface area contributed by atoms with Crippen molar-refractivity contribution in [2.24, 2.45) is 7.05 Å². The van der Waals surface area contributed by atoms with Gasteiger partial charge < -0.3 is 9.47 Å². The molecule has 1 aromatic rings. The molecule has 8 heteroatoms. The Hall–Kier alpha value is -1.31. The van der Waals surface area contributed by atoms with Crippen molar-refractivity contribution in [2.45, 2.75) is 12.3 Å². The summed E-state index contributed by atoms with van der Waals surface area (Å²) in [5.74, 6) is -3.66. The molecule has 0 N–H and O–H groups in total. The maximum absolute atomic E-state index is 12.4.